The topological polar surface area (TPSA) is 52.6 Å². The molecule has 0 aliphatic heterocycles. The average molecular weight is 360 g/mol. The van der Waals surface area contributed by atoms with Gasteiger partial charge in [0.05, 0.1) is 5.69 Å². The van der Waals surface area contributed by atoms with Gasteiger partial charge in [-0.2, -0.15) is 0 Å². The predicted molar refractivity (Wildman–Crippen MR) is 108 cm³/mol. The standard InChI is InChI=1S/C23H24N2O2/c1-18(2)25(21-16-10-5-11-17-21)24-22(26)23(27,19-12-6-3-7-13-19)20-14-8-4-9-15-20/h3-18,27H,1-2H3,(H,24,26). The molecule has 0 aliphatic rings. The van der Waals surface area contributed by atoms with Gasteiger partial charge < -0.3 is 5.11 Å². The molecule has 4 nitrogen and oxygen atoms in total. The van der Waals surface area contributed by atoms with Gasteiger partial charge in [-0.3, -0.25) is 15.2 Å². The van der Waals surface area contributed by atoms with Crippen LogP contribution in [0.2, 0.25) is 0 Å². The van der Waals surface area contributed by atoms with Crippen LogP contribution >= 0.6 is 0 Å². The third kappa shape index (κ3) is 3.86. The Labute approximate surface area is 160 Å². The van der Waals surface area contributed by atoms with Gasteiger partial charge in [0, 0.05) is 6.04 Å². The Balaban J connectivity index is 2.01. The van der Waals surface area contributed by atoms with E-state index in [2.05, 4.69) is 5.43 Å². The average Bonchev–Trinajstić information content (AvgIpc) is 2.73. The van der Waals surface area contributed by atoms with Crippen molar-refractivity contribution in [1.82, 2.24) is 5.43 Å². The second-order valence-corrected chi connectivity index (χ2v) is 6.68. The van der Waals surface area contributed by atoms with E-state index < -0.39 is 11.5 Å². The van der Waals surface area contributed by atoms with Gasteiger partial charge in [0.1, 0.15) is 0 Å². The van der Waals surface area contributed by atoms with E-state index >= 15 is 0 Å². The number of rotatable bonds is 6. The molecule has 0 spiro atoms. The van der Waals surface area contributed by atoms with E-state index in [0.717, 1.165) is 5.69 Å². The third-order valence-corrected chi connectivity index (χ3v) is 4.48. The lowest BCUT2D eigenvalue weighted by molar-refractivity contribution is -0.137. The zero-order chi connectivity index (χ0) is 19.3. The summed E-state index contributed by atoms with van der Waals surface area (Å²) in [5.41, 5.74) is 3.00. The number of para-hydroxylation sites is 1. The SMILES string of the molecule is CC(C)N(NC(=O)C(O)(c1ccccc1)c1ccccc1)c1ccccc1. The molecule has 0 unspecified atom stereocenters. The summed E-state index contributed by atoms with van der Waals surface area (Å²) >= 11 is 0. The summed E-state index contributed by atoms with van der Waals surface area (Å²) in [5.74, 6) is -0.502. The molecule has 0 saturated carbocycles. The first kappa shape index (κ1) is 18.7. The molecule has 0 saturated heterocycles. The van der Waals surface area contributed by atoms with Gasteiger partial charge in [-0.05, 0) is 37.1 Å². The molecular weight excluding hydrogens is 336 g/mol. The lowest BCUT2D eigenvalue weighted by Crippen LogP contribution is -2.54. The Bertz CT molecular complexity index is 825. The molecule has 138 valence electrons. The zero-order valence-electron chi connectivity index (χ0n) is 15.5. The Kier molecular flexibility index (Phi) is 5.57. The monoisotopic (exact) mass is 360 g/mol. The van der Waals surface area contributed by atoms with Crippen LogP contribution < -0.4 is 10.4 Å². The summed E-state index contributed by atoms with van der Waals surface area (Å²) in [5, 5.41) is 13.3. The van der Waals surface area contributed by atoms with Crippen molar-refractivity contribution in [3.8, 4) is 0 Å². The second kappa shape index (κ2) is 8.06. The third-order valence-electron chi connectivity index (χ3n) is 4.48. The van der Waals surface area contributed by atoms with Gasteiger partial charge in [0.25, 0.3) is 5.91 Å². The van der Waals surface area contributed by atoms with Gasteiger partial charge in [-0.25, -0.2) is 0 Å². The van der Waals surface area contributed by atoms with E-state index in [9.17, 15) is 9.90 Å². The molecule has 0 bridgehead atoms. The predicted octanol–water partition coefficient (Wildman–Crippen LogP) is 3.87. The van der Waals surface area contributed by atoms with Gasteiger partial charge in [0.2, 0.25) is 0 Å². The van der Waals surface area contributed by atoms with Crippen LogP contribution in [0.1, 0.15) is 25.0 Å². The molecule has 3 aromatic carbocycles. The van der Waals surface area contributed by atoms with Crippen LogP contribution in [0.3, 0.4) is 0 Å². The molecule has 0 aromatic heterocycles. The summed E-state index contributed by atoms with van der Waals surface area (Å²) in [6.45, 7) is 3.97. The summed E-state index contributed by atoms with van der Waals surface area (Å²) in [4.78, 5) is 13.4. The largest absolute Gasteiger partial charge is 0.372 e. The van der Waals surface area contributed by atoms with Crippen molar-refractivity contribution in [2.24, 2.45) is 0 Å². The van der Waals surface area contributed by atoms with Crippen LogP contribution in [0.4, 0.5) is 5.69 Å². The molecule has 3 aromatic rings. The number of carbonyl (C=O) groups excluding carboxylic acids is 1. The van der Waals surface area contributed by atoms with Crippen molar-refractivity contribution >= 4 is 11.6 Å². The fourth-order valence-electron chi connectivity index (χ4n) is 3.06. The maximum absolute atomic E-state index is 13.4. The number of benzene rings is 3. The minimum atomic E-state index is -1.80. The van der Waals surface area contributed by atoms with E-state index in [-0.39, 0.29) is 6.04 Å². The Morgan fingerprint density at radius 2 is 1.22 bits per heavy atom. The first-order chi connectivity index (χ1) is 13.0. The summed E-state index contributed by atoms with van der Waals surface area (Å²) in [7, 11) is 0. The number of hydrazine groups is 1. The van der Waals surface area contributed by atoms with Crippen molar-refractivity contribution in [1.29, 1.82) is 0 Å². The summed E-state index contributed by atoms with van der Waals surface area (Å²) in [6, 6.07) is 27.6. The number of nitrogens with zero attached hydrogens (tertiary/aromatic N) is 1. The minimum Gasteiger partial charge on any atom is -0.372 e. The maximum Gasteiger partial charge on any atom is 0.279 e. The summed E-state index contributed by atoms with van der Waals surface area (Å²) in [6.07, 6.45) is 0. The van der Waals surface area contributed by atoms with E-state index in [1.54, 1.807) is 29.3 Å². The Morgan fingerprint density at radius 1 is 0.815 bits per heavy atom. The first-order valence-electron chi connectivity index (χ1n) is 9.02. The Morgan fingerprint density at radius 3 is 1.63 bits per heavy atom. The van der Waals surface area contributed by atoms with Crippen LogP contribution in [0.25, 0.3) is 0 Å². The van der Waals surface area contributed by atoms with E-state index in [4.69, 9.17) is 0 Å². The normalized spacial score (nSPS) is 11.3. The highest BCUT2D eigenvalue weighted by atomic mass is 16.3. The Hall–Kier alpha value is -3.11. The fourth-order valence-corrected chi connectivity index (χ4v) is 3.06. The van der Waals surface area contributed by atoms with Gasteiger partial charge >= 0.3 is 0 Å². The van der Waals surface area contributed by atoms with Crippen molar-refractivity contribution in [2.75, 3.05) is 5.01 Å². The van der Waals surface area contributed by atoms with Gasteiger partial charge in [0.15, 0.2) is 5.60 Å². The van der Waals surface area contributed by atoms with Gasteiger partial charge in [-0.1, -0.05) is 78.9 Å². The quantitative estimate of drug-likeness (QED) is 0.656. The molecule has 2 N–H and O–H groups in total. The number of aliphatic hydroxyl groups is 1. The maximum atomic E-state index is 13.4. The van der Waals surface area contributed by atoms with Crippen LogP contribution in [-0.2, 0) is 10.4 Å². The van der Waals surface area contributed by atoms with Crippen LogP contribution in [0.5, 0.6) is 0 Å². The molecule has 0 radical (unpaired) electrons. The molecule has 0 atom stereocenters. The number of anilines is 1. The minimum absolute atomic E-state index is 0.00662. The molecule has 1 amide bonds. The van der Waals surface area contributed by atoms with Crippen LogP contribution in [0, 0.1) is 0 Å². The molecule has 3 rings (SSSR count). The highest BCUT2D eigenvalue weighted by molar-refractivity contribution is 5.91. The lowest BCUT2D eigenvalue weighted by Gasteiger charge is -2.34. The highest BCUT2D eigenvalue weighted by Crippen LogP contribution is 2.30. The van der Waals surface area contributed by atoms with Crippen molar-refractivity contribution < 1.29 is 9.90 Å². The lowest BCUT2D eigenvalue weighted by atomic mass is 9.85. The zero-order valence-corrected chi connectivity index (χ0v) is 15.5. The molecular formula is C23H24N2O2. The highest BCUT2D eigenvalue weighted by Gasteiger charge is 2.41. The number of nitrogens with one attached hydrogen (secondary N) is 1. The molecule has 0 heterocycles. The molecule has 0 fully saturated rings. The second-order valence-electron chi connectivity index (χ2n) is 6.68. The number of hydrogen-bond acceptors (Lipinski definition) is 3. The molecule has 27 heavy (non-hydrogen) atoms. The fraction of sp³-hybridized carbons (Fsp3) is 0.174. The number of amides is 1. The van der Waals surface area contributed by atoms with Crippen molar-refractivity contribution in [3.05, 3.63) is 102 Å². The van der Waals surface area contributed by atoms with E-state index in [0.29, 0.717) is 11.1 Å². The van der Waals surface area contributed by atoms with Gasteiger partial charge in [-0.15, -0.1) is 0 Å². The van der Waals surface area contributed by atoms with E-state index in [1.807, 2.05) is 80.6 Å². The smallest absolute Gasteiger partial charge is 0.279 e. The molecule has 4 heteroatoms. The van der Waals surface area contributed by atoms with E-state index in [1.165, 1.54) is 0 Å². The molecule has 0 aliphatic carbocycles. The number of hydrogen-bond donors (Lipinski definition) is 2. The van der Waals surface area contributed by atoms with Crippen molar-refractivity contribution in [2.45, 2.75) is 25.5 Å². The number of carbonyl (C=O) groups is 1. The van der Waals surface area contributed by atoms with Crippen molar-refractivity contribution in [3.63, 3.8) is 0 Å². The summed E-state index contributed by atoms with van der Waals surface area (Å²) < 4.78 is 0. The van der Waals surface area contributed by atoms with Crippen LogP contribution in [-0.4, -0.2) is 17.1 Å². The first-order valence-corrected chi connectivity index (χ1v) is 9.02. The van der Waals surface area contributed by atoms with Crippen LogP contribution in [0.15, 0.2) is 91.0 Å².